The molecule has 0 aliphatic heterocycles. The highest BCUT2D eigenvalue weighted by molar-refractivity contribution is 6.65. The van der Waals surface area contributed by atoms with Gasteiger partial charge in [-0.15, -0.1) is 6.58 Å². The first-order chi connectivity index (χ1) is 19.7. The zero-order valence-corrected chi connectivity index (χ0v) is 24.4. The average Bonchev–Trinajstić information content (AvgIpc) is 2.92. The monoisotopic (exact) mass is 584 g/mol. The van der Waals surface area contributed by atoms with Gasteiger partial charge in [0.05, 0.1) is 30.1 Å². The third kappa shape index (κ3) is 10.1. The summed E-state index contributed by atoms with van der Waals surface area (Å²) in [7, 11) is 0. The lowest BCUT2D eigenvalue weighted by Gasteiger charge is -2.19. The molecule has 0 aliphatic rings. The van der Waals surface area contributed by atoms with Gasteiger partial charge in [0, 0.05) is 31.2 Å². The SMILES string of the molecule is C=C(C)CC(C(=O)C(=N)Cc1ccc(CC(=O)C(=O)C(=N)Cc2cccc(OC(F)(F)CC)c2)c(OCC)c1)C(C)O. The van der Waals surface area contributed by atoms with Gasteiger partial charge >= 0.3 is 6.11 Å². The topological polar surface area (TPSA) is 138 Å². The molecule has 2 aromatic rings. The van der Waals surface area contributed by atoms with Crippen molar-refractivity contribution in [1.29, 1.82) is 10.8 Å². The summed E-state index contributed by atoms with van der Waals surface area (Å²) in [5.74, 6) is -2.92. The van der Waals surface area contributed by atoms with Crippen LogP contribution in [-0.2, 0) is 33.6 Å². The molecule has 0 aliphatic carbocycles. The minimum Gasteiger partial charge on any atom is -0.494 e. The molecule has 0 amide bonds. The number of halogens is 2. The number of Topliss-reactive ketones (excluding diaryl/α,β-unsaturated/α-hetero) is 3. The predicted molar refractivity (Wildman–Crippen MR) is 156 cm³/mol. The largest absolute Gasteiger partial charge is 0.494 e. The van der Waals surface area contributed by atoms with Crippen LogP contribution in [-0.4, -0.2) is 52.7 Å². The summed E-state index contributed by atoms with van der Waals surface area (Å²) in [6, 6.07) is 10.4. The molecule has 42 heavy (non-hydrogen) atoms. The third-order valence-electron chi connectivity index (χ3n) is 6.43. The Labute approximate surface area is 244 Å². The van der Waals surface area contributed by atoms with E-state index in [0.717, 1.165) is 5.57 Å². The number of ether oxygens (including phenoxy) is 2. The second-order valence-corrected chi connectivity index (χ2v) is 10.2. The van der Waals surface area contributed by atoms with E-state index < -0.39 is 47.6 Å². The van der Waals surface area contributed by atoms with Gasteiger partial charge in [-0.3, -0.25) is 14.4 Å². The Morgan fingerprint density at radius 3 is 2.24 bits per heavy atom. The van der Waals surface area contributed by atoms with Crippen LogP contribution in [0.25, 0.3) is 0 Å². The Morgan fingerprint density at radius 1 is 1.00 bits per heavy atom. The highest BCUT2D eigenvalue weighted by Crippen LogP contribution is 2.26. The number of benzene rings is 2. The van der Waals surface area contributed by atoms with E-state index >= 15 is 0 Å². The van der Waals surface area contributed by atoms with Crippen LogP contribution in [0, 0.1) is 16.7 Å². The number of alkyl halides is 2. The molecule has 10 heteroatoms. The van der Waals surface area contributed by atoms with Gasteiger partial charge in [0.1, 0.15) is 11.5 Å². The molecule has 2 atom stereocenters. The first kappa shape index (κ1) is 34.2. The minimum atomic E-state index is -3.35. The fourth-order valence-corrected chi connectivity index (χ4v) is 4.19. The second kappa shape index (κ2) is 15.3. The Hall–Kier alpha value is -4.05. The number of aliphatic hydroxyl groups excluding tert-OH is 1. The predicted octanol–water partition coefficient (Wildman–Crippen LogP) is 5.50. The maximum atomic E-state index is 13.6. The van der Waals surface area contributed by atoms with Crippen molar-refractivity contribution in [1.82, 2.24) is 0 Å². The molecular formula is C32H38F2N2O6. The van der Waals surface area contributed by atoms with E-state index in [1.165, 1.54) is 32.0 Å². The summed E-state index contributed by atoms with van der Waals surface area (Å²) in [6.45, 7) is 10.3. The molecule has 0 aromatic heterocycles. The summed E-state index contributed by atoms with van der Waals surface area (Å²) >= 11 is 0. The van der Waals surface area contributed by atoms with E-state index in [-0.39, 0.29) is 43.8 Å². The quantitative estimate of drug-likeness (QED) is 0.120. The van der Waals surface area contributed by atoms with Crippen LogP contribution in [0.5, 0.6) is 11.5 Å². The Kier molecular flexibility index (Phi) is 12.4. The van der Waals surface area contributed by atoms with Crippen molar-refractivity contribution in [3.63, 3.8) is 0 Å². The first-order valence-corrected chi connectivity index (χ1v) is 13.7. The van der Waals surface area contributed by atoms with Crippen LogP contribution >= 0.6 is 0 Å². The summed E-state index contributed by atoms with van der Waals surface area (Å²) in [6.07, 6.45) is -5.17. The molecule has 0 saturated heterocycles. The van der Waals surface area contributed by atoms with Crippen LogP contribution in [0.2, 0.25) is 0 Å². The van der Waals surface area contributed by atoms with E-state index in [1.54, 1.807) is 38.1 Å². The lowest BCUT2D eigenvalue weighted by Crippen LogP contribution is -2.32. The number of rotatable bonds is 18. The van der Waals surface area contributed by atoms with E-state index in [2.05, 4.69) is 11.3 Å². The van der Waals surface area contributed by atoms with E-state index in [1.807, 2.05) is 0 Å². The van der Waals surface area contributed by atoms with Crippen LogP contribution < -0.4 is 9.47 Å². The molecule has 8 nitrogen and oxygen atoms in total. The normalized spacial score (nSPS) is 12.6. The fraction of sp³-hybridized carbons (Fsp3) is 0.406. The van der Waals surface area contributed by atoms with Crippen molar-refractivity contribution in [3.05, 3.63) is 71.3 Å². The van der Waals surface area contributed by atoms with Gasteiger partial charge in [0.2, 0.25) is 11.6 Å². The van der Waals surface area contributed by atoms with Gasteiger partial charge in [-0.05, 0) is 56.5 Å². The number of hydrogen-bond donors (Lipinski definition) is 3. The number of nitrogens with one attached hydrogen (secondary N) is 2. The lowest BCUT2D eigenvalue weighted by molar-refractivity contribution is -0.177. The fourth-order valence-electron chi connectivity index (χ4n) is 4.19. The molecular weight excluding hydrogens is 546 g/mol. The molecule has 2 rings (SSSR count). The molecule has 0 saturated carbocycles. The maximum absolute atomic E-state index is 13.6. The number of hydrogen-bond acceptors (Lipinski definition) is 8. The van der Waals surface area contributed by atoms with Crippen LogP contribution in [0.3, 0.4) is 0 Å². The van der Waals surface area contributed by atoms with Gasteiger partial charge in [0.15, 0.2) is 5.78 Å². The number of carbonyl (C=O) groups is 3. The number of allylic oxidation sites excluding steroid dienone is 1. The zero-order valence-electron chi connectivity index (χ0n) is 24.4. The Morgan fingerprint density at radius 2 is 1.64 bits per heavy atom. The van der Waals surface area contributed by atoms with Crippen molar-refractivity contribution in [3.8, 4) is 11.5 Å². The Bertz CT molecular complexity index is 1350. The zero-order chi connectivity index (χ0) is 31.6. The average molecular weight is 585 g/mol. The van der Waals surface area contributed by atoms with E-state index in [9.17, 15) is 28.3 Å². The van der Waals surface area contributed by atoms with Gasteiger partial charge < -0.3 is 25.4 Å². The minimum absolute atomic E-state index is 0.0247. The number of carbonyl (C=O) groups excluding carboxylic acids is 3. The number of aliphatic hydroxyl groups is 1. The van der Waals surface area contributed by atoms with Crippen LogP contribution in [0.15, 0.2) is 54.6 Å². The van der Waals surface area contributed by atoms with Crippen LogP contribution in [0.1, 0.15) is 57.2 Å². The summed E-state index contributed by atoms with van der Waals surface area (Å²) in [5, 5.41) is 26.5. The molecule has 0 spiro atoms. The standard InChI is InChI=1S/C32H38F2N2O6/c1-6-32(33,34)42-24-10-8-9-21(14-24)15-27(36)31(40)28(38)18-23-12-11-22(17-29(23)41-7-2)16-26(35)30(39)25(20(5)37)13-19(3)4/h8-12,14,17,20,25,35-37H,3,6-7,13,15-16,18H2,1-2,4-5H3. The highest BCUT2D eigenvalue weighted by atomic mass is 19.3. The van der Waals surface area contributed by atoms with Crippen molar-refractivity contribution in [2.75, 3.05) is 6.61 Å². The van der Waals surface area contributed by atoms with E-state index in [4.69, 9.17) is 15.6 Å². The van der Waals surface area contributed by atoms with Gasteiger partial charge in [-0.1, -0.05) is 36.8 Å². The molecule has 0 radical (unpaired) electrons. The number of ketones is 3. The Balaban J connectivity index is 2.12. The summed E-state index contributed by atoms with van der Waals surface area (Å²) in [5.41, 5.74) is 1.36. The van der Waals surface area contributed by atoms with Crippen molar-refractivity contribution < 1.29 is 37.7 Å². The second-order valence-electron chi connectivity index (χ2n) is 10.2. The summed E-state index contributed by atoms with van der Waals surface area (Å²) in [4.78, 5) is 38.3. The molecule has 0 fully saturated rings. The van der Waals surface area contributed by atoms with Gasteiger partial charge in [0.25, 0.3) is 0 Å². The first-order valence-electron chi connectivity index (χ1n) is 13.7. The smallest absolute Gasteiger partial charge is 0.397 e. The molecule has 2 unspecified atom stereocenters. The van der Waals surface area contributed by atoms with Crippen molar-refractivity contribution in [2.24, 2.45) is 5.92 Å². The van der Waals surface area contributed by atoms with Gasteiger partial charge in [-0.25, -0.2) is 0 Å². The molecule has 2 aromatic carbocycles. The molecule has 0 bridgehead atoms. The highest BCUT2D eigenvalue weighted by Gasteiger charge is 2.29. The third-order valence-corrected chi connectivity index (χ3v) is 6.43. The molecule has 226 valence electrons. The molecule has 0 heterocycles. The van der Waals surface area contributed by atoms with Crippen molar-refractivity contribution in [2.45, 2.75) is 72.0 Å². The van der Waals surface area contributed by atoms with Crippen molar-refractivity contribution >= 4 is 28.8 Å². The van der Waals surface area contributed by atoms with E-state index in [0.29, 0.717) is 22.4 Å². The van der Waals surface area contributed by atoms with Gasteiger partial charge in [-0.2, -0.15) is 8.78 Å². The maximum Gasteiger partial charge on any atom is 0.397 e. The lowest BCUT2D eigenvalue weighted by atomic mass is 9.87. The molecule has 3 N–H and O–H groups in total. The summed E-state index contributed by atoms with van der Waals surface area (Å²) < 4.78 is 37.5. The van der Waals surface area contributed by atoms with Crippen LogP contribution in [0.4, 0.5) is 8.78 Å².